The summed E-state index contributed by atoms with van der Waals surface area (Å²) in [5.41, 5.74) is 0. The number of rotatable bonds is 3. The highest BCUT2D eigenvalue weighted by Crippen LogP contribution is 2.29. The molecule has 0 bridgehead atoms. The van der Waals surface area contributed by atoms with Crippen molar-refractivity contribution in [2.24, 2.45) is 0 Å². The molecular formula is C16H20Cl2N2O2S. The van der Waals surface area contributed by atoms with Gasteiger partial charge in [-0.2, -0.15) is 4.31 Å². The summed E-state index contributed by atoms with van der Waals surface area (Å²) in [5.74, 6) is 0. The van der Waals surface area contributed by atoms with Crippen LogP contribution in [0.3, 0.4) is 0 Å². The van der Waals surface area contributed by atoms with Crippen molar-refractivity contribution >= 4 is 33.2 Å². The van der Waals surface area contributed by atoms with Crippen LogP contribution in [0.15, 0.2) is 35.2 Å². The van der Waals surface area contributed by atoms with Gasteiger partial charge in [0.15, 0.2) is 0 Å². The van der Waals surface area contributed by atoms with Gasteiger partial charge in [0.05, 0.1) is 5.02 Å². The Bertz CT molecular complexity index is 698. The van der Waals surface area contributed by atoms with E-state index in [0.29, 0.717) is 24.2 Å². The molecule has 1 aromatic carbocycles. The Hall–Kier alpha value is -0.590. The first kappa shape index (κ1) is 17.2. The predicted molar refractivity (Wildman–Crippen MR) is 93.6 cm³/mol. The molecule has 3 rings (SSSR count). The molecule has 0 amide bonds. The van der Waals surface area contributed by atoms with Crippen LogP contribution in [0.2, 0.25) is 10.0 Å². The maximum atomic E-state index is 12.8. The summed E-state index contributed by atoms with van der Waals surface area (Å²) in [6.45, 7) is 2.45. The summed E-state index contributed by atoms with van der Waals surface area (Å²) < 4.78 is 27.1. The van der Waals surface area contributed by atoms with E-state index in [2.05, 4.69) is 17.1 Å². The van der Waals surface area contributed by atoms with Crippen molar-refractivity contribution in [1.29, 1.82) is 0 Å². The number of benzene rings is 1. The molecule has 1 atom stereocenters. The number of allylic oxidation sites excluding steroid dienone is 1. The fraction of sp³-hybridized carbons (Fsp3) is 0.500. The van der Waals surface area contributed by atoms with Gasteiger partial charge in [0.1, 0.15) is 4.90 Å². The molecule has 1 aliphatic heterocycles. The van der Waals surface area contributed by atoms with Gasteiger partial charge in [0, 0.05) is 37.2 Å². The van der Waals surface area contributed by atoms with E-state index in [1.54, 1.807) is 6.07 Å². The van der Waals surface area contributed by atoms with Crippen LogP contribution in [0.25, 0.3) is 0 Å². The number of halogens is 2. The molecule has 1 unspecified atom stereocenters. The normalized spacial score (nSPS) is 24.0. The molecule has 1 fully saturated rings. The first-order chi connectivity index (χ1) is 11.0. The van der Waals surface area contributed by atoms with Gasteiger partial charge in [-0.05, 0) is 37.5 Å². The Kier molecular flexibility index (Phi) is 5.33. The minimum Gasteiger partial charge on any atom is -0.294 e. The standard InChI is InChI=1S/C16H20Cl2N2O2S/c17-13-6-7-15(18)16(12-13)23(21,22)20-10-8-19(9-11-20)14-4-2-1-3-5-14/h2,4,6-7,12,14H,1,3,5,8-11H2. The van der Waals surface area contributed by atoms with Gasteiger partial charge < -0.3 is 0 Å². The lowest BCUT2D eigenvalue weighted by Gasteiger charge is -2.38. The number of hydrogen-bond acceptors (Lipinski definition) is 3. The smallest absolute Gasteiger partial charge is 0.244 e. The molecule has 0 aromatic heterocycles. The Labute approximate surface area is 147 Å². The zero-order valence-corrected chi connectivity index (χ0v) is 15.1. The molecule has 1 heterocycles. The fourth-order valence-corrected chi connectivity index (χ4v) is 5.35. The molecule has 7 heteroatoms. The maximum absolute atomic E-state index is 12.8. The van der Waals surface area contributed by atoms with Crippen molar-refractivity contribution < 1.29 is 8.42 Å². The molecular weight excluding hydrogens is 355 g/mol. The summed E-state index contributed by atoms with van der Waals surface area (Å²) in [4.78, 5) is 2.46. The van der Waals surface area contributed by atoms with E-state index < -0.39 is 10.0 Å². The van der Waals surface area contributed by atoms with E-state index in [1.165, 1.54) is 22.9 Å². The van der Waals surface area contributed by atoms with Crippen LogP contribution < -0.4 is 0 Å². The number of nitrogens with zero attached hydrogens (tertiary/aromatic N) is 2. The molecule has 23 heavy (non-hydrogen) atoms. The lowest BCUT2D eigenvalue weighted by atomic mass is 10.0. The van der Waals surface area contributed by atoms with Crippen molar-refractivity contribution in [2.45, 2.75) is 30.2 Å². The van der Waals surface area contributed by atoms with Crippen LogP contribution in [0.1, 0.15) is 19.3 Å². The third-order valence-corrected chi connectivity index (χ3v) is 7.10. The van der Waals surface area contributed by atoms with Crippen LogP contribution in [0, 0.1) is 0 Å². The molecule has 0 radical (unpaired) electrons. The second-order valence-corrected chi connectivity index (χ2v) is 8.69. The van der Waals surface area contributed by atoms with Crippen molar-refractivity contribution in [2.75, 3.05) is 26.2 Å². The molecule has 2 aliphatic rings. The quantitative estimate of drug-likeness (QED) is 0.761. The van der Waals surface area contributed by atoms with Crippen LogP contribution in [-0.4, -0.2) is 49.8 Å². The van der Waals surface area contributed by atoms with Gasteiger partial charge in [0.25, 0.3) is 0 Å². The average molecular weight is 375 g/mol. The second kappa shape index (κ2) is 7.11. The molecule has 1 aliphatic carbocycles. The highest BCUT2D eigenvalue weighted by atomic mass is 35.5. The van der Waals surface area contributed by atoms with E-state index >= 15 is 0 Å². The van der Waals surface area contributed by atoms with E-state index in [4.69, 9.17) is 23.2 Å². The third kappa shape index (κ3) is 3.74. The monoisotopic (exact) mass is 374 g/mol. The van der Waals surface area contributed by atoms with E-state index in [9.17, 15) is 8.42 Å². The zero-order chi connectivity index (χ0) is 16.4. The van der Waals surface area contributed by atoms with Gasteiger partial charge in [-0.1, -0.05) is 35.4 Å². The van der Waals surface area contributed by atoms with E-state index in [0.717, 1.165) is 25.9 Å². The number of hydrogen-bond donors (Lipinski definition) is 0. The molecule has 1 saturated heterocycles. The second-order valence-electron chi connectivity index (χ2n) is 5.94. The topological polar surface area (TPSA) is 40.6 Å². The summed E-state index contributed by atoms with van der Waals surface area (Å²) in [6, 6.07) is 4.99. The Morgan fingerprint density at radius 1 is 1.09 bits per heavy atom. The van der Waals surface area contributed by atoms with Crippen molar-refractivity contribution in [3.05, 3.63) is 40.4 Å². The summed E-state index contributed by atoms with van der Waals surface area (Å²) in [6.07, 6.45) is 7.99. The van der Waals surface area contributed by atoms with Crippen molar-refractivity contribution in [3.63, 3.8) is 0 Å². The largest absolute Gasteiger partial charge is 0.294 e. The number of piperazine rings is 1. The lowest BCUT2D eigenvalue weighted by Crippen LogP contribution is -2.51. The maximum Gasteiger partial charge on any atom is 0.244 e. The minimum absolute atomic E-state index is 0.0951. The van der Waals surface area contributed by atoms with E-state index in [1.807, 2.05) is 0 Å². The summed E-state index contributed by atoms with van der Waals surface area (Å²) >= 11 is 12.0. The first-order valence-electron chi connectivity index (χ1n) is 7.84. The lowest BCUT2D eigenvalue weighted by molar-refractivity contribution is 0.150. The van der Waals surface area contributed by atoms with Crippen molar-refractivity contribution in [1.82, 2.24) is 9.21 Å². The highest BCUT2D eigenvalue weighted by molar-refractivity contribution is 7.89. The Balaban J connectivity index is 1.72. The molecule has 0 spiro atoms. The van der Waals surface area contributed by atoms with Gasteiger partial charge in [-0.25, -0.2) is 8.42 Å². The first-order valence-corrected chi connectivity index (χ1v) is 10.0. The molecule has 0 saturated carbocycles. The zero-order valence-electron chi connectivity index (χ0n) is 12.8. The minimum atomic E-state index is -3.60. The molecule has 4 nitrogen and oxygen atoms in total. The van der Waals surface area contributed by atoms with Crippen LogP contribution in [0.4, 0.5) is 0 Å². The van der Waals surface area contributed by atoms with Crippen LogP contribution in [0.5, 0.6) is 0 Å². The molecule has 0 N–H and O–H groups in total. The average Bonchev–Trinajstić information content (AvgIpc) is 2.58. The van der Waals surface area contributed by atoms with Gasteiger partial charge in [-0.3, -0.25) is 4.90 Å². The summed E-state index contributed by atoms with van der Waals surface area (Å²) in [5, 5.41) is 0.589. The Morgan fingerprint density at radius 2 is 1.83 bits per heavy atom. The van der Waals surface area contributed by atoms with Gasteiger partial charge in [-0.15, -0.1) is 0 Å². The SMILES string of the molecule is O=S(=O)(c1cc(Cl)ccc1Cl)N1CCN(C2C=CCCC2)CC1. The molecule has 1 aromatic rings. The number of sulfonamides is 1. The predicted octanol–water partition coefficient (Wildman–Crippen LogP) is 3.41. The highest BCUT2D eigenvalue weighted by Gasteiger charge is 2.32. The summed E-state index contributed by atoms with van der Waals surface area (Å²) in [7, 11) is -3.60. The van der Waals surface area contributed by atoms with Crippen LogP contribution >= 0.6 is 23.2 Å². The van der Waals surface area contributed by atoms with E-state index in [-0.39, 0.29) is 9.92 Å². The van der Waals surface area contributed by atoms with Crippen molar-refractivity contribution in [3.8, 4) is 0 Å². The van der Waals surface area contributed by atoms with Gasteiger partial charge >= 0.3 is 0 Å². The van der Waals surface area contributed by atoms with Crippen LogP contribution in [-0.2, 0) is 10.0 Å². The third-order valence-electron chi connectivity index (χ3n) is 4.48. The fourth-order valence-electron chi connectivity index (χ4n) is 3.19. The molecule has 126 valence electrons. The Morgan fingerprint density at radius 3 is 2.48 bits per heavy atom. The van der Waals surface area contributed by atoms with Gasteiger partial charge in [0.2, 0.25) is 10.0 Å².